The number of piperazine rings is 1. The Balaban J connectivity index is 2.18. The van der Waals surface area contributed by atoms with Crippen LogP contribution in [0.5, 0.6) is 0 Å². The summed E-state index contributed by atoms with van der Waals surface area (Å²) < 4.78 is 5.10. The highest BCUT2D eigenvalue weighted by atomic mass is 35.5. The number of carbonyl (C=O) groups excluding carboxylic acids is 1. The van der Waals surface area contributed by atoms with E-state index in [4.69, 9.17) is 27.9 Å². The zero-order valence-corrected chi connectivity index (χ0v) is 14.7. The van der Waals surface area contributed by atoms with Crippen molar-refractivity contribution in [1.82, 2.24) is 9.80 Å². The van der Waals surface area contributed by atoms with E-state index >= 15 is 0 Å². The molecule has 0 spiro atoms. The van der Waals surface area contributed by atoms with Crippen LogP contribution < -0.4 is 5.43 Å². The Kier molecular flexibility index (Phi) is 6.50. The summed E-state index contributed by atoms with van der Waals surface area (Å²) >= 11 is 12.1. The van der Waals surface area contributed by atoms with Gasteiger partial charge in [-0.25, -0.2) is 4.79 Å². The van der Waals surface area contributed by atoms with E-state index in [2.05, 4.69) is 15.4 Å². The van der Waals surface area contributed by atoms with Crippen LogP contribution in [0, 0.1) is 0 Å². The molecule has 0 aromatic heterocycles. The second kappa shape index (κ2) is 8.38. The maximum absolute atomic E-state index is 12.2. The average molecular weight is 359 g/mol. The molecule has 2 rings (SSSR count). The summed E-state index contributed by atoms with van der Waals surface area (Å²) in [6, 6.07) is 5.01. The fourth-order valence-corrected chi connectivity index (χ4v) is 2.49. The number of halogens is 2. The minimum absolute atomic E-state index is 0.246. The average Bonchev–Trinajstić information content (AvgIpc) is 2.52. The van der Waals surface area contributed by atoms with Gasteiger partial charge in [0.05, 0.1) is 17.3 Å². The van der Waals surface area contributed by atoms with E-state index in [1.807, 2.05) is 11.9 Å². The Morgan fingerprint density at radius 3 is 2.65 bits per heavy atom. The van der Waals surface area contributed by atoms with Crippen LogP contribution in [-0.4, -0.2) is 61.4 Å². The van der Waals surface area contributed by atoms with Gasteiger partial charge in [-0.2, -0.15) is 0 Å². The number of amidine groups is 1. The lowest BCUT2D eigenvalue weighted by atomic mass is 10.3. The van der Waals surface area contributed by atoms with Crippen molar-refractivity contribution in [3.63, 3.8) is 0 Å². The lowest BCUT2D eigenvalue weighted by molar-refractivity contribution is -0.136. The van der Waals surface area contributed by atoms with Crippen molar-refractivity contribution < 1.29 is 9.53 Å². The number of carbonyl (C=O) groups is 1. The highest BCUT2D eigenvalue weighted by Gasteiger charge is 2.24. The van der Waals surface area contributed by atoms with Gasteiger partial charge in [0.1, 0.15) is 0 Å². The molecule has 1 saturated heterocycles. The van der Waals surface area contributed by atoms with E-state index < -0.39 is 5.97 Å². The lowest BCUT2D eigenvalue weighted by Crippen LogP contribution is -2.50. The van der Waals surface area contributed by atoms with Gasteiger partial charge in [0.15, 0.2) is 0 Å². The van der Waals surface area contributed by atoms with Crippen LogP contribution >= 0.6 is 23.2 Å². The molecule has 1 aromatic rings. The van der Waals surface area contributed by atoms with Crippen LogP contribution in [0.1, 0.15) is 6.92 Å². The maximum Gasteiger partial charge on any atom is 0.375 e. The highest BCUT2D eigenvalue weighted by molar-refractivity contribution is 6.36. The Bertz CT molecular complexity index is 587. The molecule has 0 unspecified atom stereocenters. The van der Waals surface area contributed by atoms with Gasteiger partial charge in [0.25, 0.3) is 0 Å². The number of likely N-dealkylation sites (N-methyl/N-ethyl adjacent to an activating group) is 1. The summed E-state index contributed by atoms with van der Waals surface area (Å²) in [5.74, 6) is -0.210. The molecule has 1 aliphatic heterocycles. The van der Waals surface area contributed by atoms with Crippen molar-refractivity contribution in [3.05, 3.63) is 28.2 Å². The van der Waals surface area contributed by atoms with E-state index in [9.17, 15) is 4.79 Å². The van der Waals surface area contributed by atoms with Gasteiger partial charge < -0.3 is 14.5 Å². The van der Waals surface area contributed by atoms with Gasteiger partial charge in [-0.15, -0.1) is 5.10 Å². The van der Waals surface area contributed by atoms with Crippen molar-refractivity contribution in [2.75, 3.05) is 45.3 Å². The largest absolute Gasteiger partial charge is 0.460 e. The number of esters is 1. The first-order valence-corrected chi connectivity index (χ1v) is 8.16. The molecule has 0 atom stereocenters. The van der Waals surface area contributed by atoms with E-state index in [-0.39, 0.29) is 5.84 Å². The molecule has 0 amide bonds. The summed E-state index contributed by atoms with van der Waals surface area (Å²) in [5, 5.41) is 5.22. The molecule has 0 saturated carbocycles. The molecule has 1 N–H and O–H groups in total. The predicted molar refractivity (Wildman–Crippen MR) is 93.2 cm³/mol. The number of hydrogen-bond donors (Lipinski definition) is 1. The Hall–Kier alpha value is -1.50. The topological polar surface area (TPSA) is 57.2 Å². The number of anilines is 1. The third-order valence-corrected chi connectivity index (χ3v) is 4.04. The molecule has 0 radical (unpaired) electrons. The lowest BCUT2D eigenvalue weighted by Gasteiger charge is -2.33. The van der Waals surface area contributed by atoms with Crippen molar-refractivity contribution in [2.45, 2.75) is 6.92 Å². The fraction of sp³-hybridized carbons (Fsp3) is 0.467. The van der Waals surface area contributed by atoms with Crippen molar-refractivity contribution >= 4 is 40.7 Å². The van der Waals surface area contributed by atoms with Gasteiger partial charge in [-0.1, -0.05) is 23.2 Å². The maximum atomic E-state index is 12.2. The van der Waals surface area contributed by atoms with Gasteiger partial charge in [0.2, 0.25) is 5.84 Å². The molecule has 6 nitrogen and oxygen atoms in total. The summed E-state index contributed by atoms with van der Waals surface area (Å²) in [6.45, 7) is 5.19. The van der Waals surface area contributed by atoms with Crippen LogP contribution in [0.15, 0.2) is 23.3 Å². The van der Waals surface area contributed by atoms with E-state index in [1.54, 1.807) is 25.1 Å². The normalized spacial score (nSPS) is 16.3. The number of hydrogen-bond acceptors (Lipinski definition) is 5. The first-order valence-electron chi connectivity index (χ1n) is 7.40. The molecular weight excluding hydrogens is 339 g/mol. The van der Waals surface area contributed by atoms with Crippen molar-refractivity contribution in [1.29, 1.82) is 0 Å². The first kappa shape index (κ1) is 17.8. The SMILES string of the molecule is CCOC(=O)/C(=N/Nc1cc(Cl)ccc1Cl)N1CCN(C)CC1. The van der Waals surface area contributed by atoms with Gasteiger partial charge in [-0.05, 0) is 32.2 Å². The van der Waals surface area contributed by atoms with Gasteiger partial charge in [0, 0.05) is 31.2 Å². The summed E-state index contributed by atoms with van der Waals surface area (Å²) in [7, 11) is 2.04. The molecule has 1 aliphatic rings. The molecule has 1 fully saturated rings. The van der Waals surface area contributed by atoms with Crippen LogP contribution in [0.25, 0.3) is 0 Å². The van der Waals surface area contributed by atoms with Crippen LogP contribution in [0.4, 0.5) is 5.69 Å². The fourth-order valence-electron chi connectivity index (χ4n) is 2.16. The smallest absolute Gasteiger partial charge is 0.375 e. The highest BCUT2D eigenvalue weighted by Crippen LogP contribution is 2.25. The zero-order valence-electron chi connectivity index (χ0n) is 13.2. The molecule has 126 valence electrons. The molecule has 0 bridgehead atoms. The Morgan fingerprint density at radius 1 is 1.30 bits per heavy atom. The molecule has 1 heterocycles. The molecule has 23 heavy (non-hydrogen) atoms. The Morgan fingerprint density at radius 2 is 2.00 bits per heavy atom. The van der Waals surface area contributed by atoms with Gasteiger partial charge >= 0.3 is 5.97 Å². The van der Waals surface area contributed by atoms with Crippen LogP contribution in [0.3, 0.4) is 0 Å². The van der Waals surface area contributed by atoms with Crippen LogP contribution in [0.2, 0.25) is 10.0 Å². The Labute approximate surface area is 146 Å². The minimum Gasteiger partial charge on any atom is -0.460 e. The number of nitrogens with zero attached hydrogens (tertiary/aromatic N) is 3. The molecule has 8 heteroatoms. The second-order valence-electron chi connectivity index (χ2n) is 5.18. The van der Waals surface area contributed by atoms with Crippen molar-refractivity contribution in [3.8, 4) is 0 Å². The first-order chi connectivity index (χ1) is 11.0. The third kappa shape index (κ3) is 4.99. The molecular formula is C15H20Cl2N4O2. The van der Waals surface area contributed by atoms with E-state index in [0.29, 0.717) is 35.4 Å². The van der Waals surface area contributed by atoms with E-state index in [1.165, 1.54) is 0 Å². The number of rotatable bonds is 3. The summed E-state index contributed by atoms with van der Waals surface area (Å²) in [5.41, 5.74) is 3.35. The van der Waals surface area contributed by atoms with E-state index in [0.717, 1.165) is 13.1 Å². The molecule has 1 aromatic carbocycles. The quantitative estimate of drug-likeness (QED) is 0.389. The third-order valence-electron chi connectivity index (χ3n) is 3.47. The number of ether oxygens (including phenoxy) is 1. The number of hydrazone groups is 1. The minimum atomic E-state index is -0.456. The van der Waals surface area contributed by atoms with Crippen molar-refractivity contribution in [2.24, 2.45) is 5.10 Å². The zero-order chi connectivity index (χ0) is 16.8. The standard InChI is InChI=1S/C15H20Cl2N4O2/c1-3-23-15(22)14(21-8-6-20(2)7-9-21)19-18-13-10-11(16)4-5-12(13)17/h4-5,10,18H,3,6-9H2,1-2H3/b19-14-. The van der Waals surface area contributed by atoms with Crippen LogP contribution in [-0.2, 0) is 9.53 Å². The second-order valence-corrected chi connectivity index (χ2v) is 6.03. The molecule has 0 aliphatic carbocycles. The van der Waals surface area contributed by atoms with Gasteiger partial charge in [-0.3, -0.25) is 5.43 Å². The number of nitrogens with one attached hydrogen (secondary N) is 1. The number of benzene rings is 1. The monoisotopic (exact) mass is 358 g/mol. The summed E-state index contributed by atoms with van der Waals surface area (Å²) in [4.78, 5) is 16.3. The predicted octanol–water partition coefficient (Wildman–Crippen LogP) is 2.53. The summed E-state index contributed by atoms with van der Waals surface area (Å²) in [6.07, 6.45) is 0.